The van der Waals surface area contributed by atoms with Gasteiger partial charge in [0.1, 0.15) is 0 Å². The highest BCUT2D eigenvalue weighted by atomic mass is 32.2. The molecule has 0 saturated carbocycles. The van der Waals surface area contributed by atoms with Gasteiger partial charge in [0.15, 0.2) is 0 Å². The van der Waals surface area contributed by atoms with E-state index in [0.29, 0.717) is 30.6 Å². The molecule has 2 amide bonds. The summed E-state index contributed by atoms with van der Waals surface area (Å²) in [6.07, 6.45) is 4.15. The van der Waals surface area contributed by atoms with Crippen LogP contribution < -0.4 is 10.6 Å². The largest absolute Gasteiger partial charge is 0.326 e. The van der Waals surface area contributed by atoms with Crippen LogP contribution in [0.4, 0.5) is 11.4 Å². The van der Waals surface area contributed by atoms with Gasteiger partial charge in [0.25, 0.3) is 0 Å². The molecule has 35 heavy (non-hydrogen) atoms. The van der Waals surface area contributed by atoms with Crippen molar-refractivity contribution in [1.29, 1.82) is 0 Å². The number of amides is 2. The van der Waals surface area contributed by atoms with Gasteiger partial charge >= 0.3 is 0 Å². The van der Waals surface area contributed by atoms with Gasteiger partial charge in [-0.3, -0.25) is 14.5 Å². The van der Waals surface area contributed by atoms with Crippen LogP contribution in [0.2, 0.25) is 0 Å². The molecule has 188 valence electrons. The van der Waals surface area contributed by atoms with Crippen molar-refractivity contribution in [2.24, 2.45) is 5.92 Å². The lowest BCUT2D eigenvalue weighted by Gasteiger charge is -2.30. The smallest absolute Gasteiger partial charge is 0.243 e. The highest BCUT2D eigenvalue weighted by molar-refractivity contribution is 7.89. The average Bonchev–Trinajstić information content (AvgIpc) is 3.01. The Labute approximate surface area is 207 Å². The molecule has 8 nitrogen and oxygen atoms in total. The molecule has 2 aromatic rings. The van der Waals surface area contributed by atoms with Gasteiger partial charge in [0.2, 0.25) is 21.8 Å². The standard InChI is InChI=1S/C26H34N4O4S/c1-19-12-14-30(15-13-19)17-20-6-8-22(9-7-20)27-26(32)18-29(2)35(33,34)23-10-11-24-21(16-23)4-3-5-25(31)28-24/h6-11,16,19H,3-5,12-15,17-18H2,1-2H3,(H,27,32)(H,28,31). The number of likely N-dealkylation sites (tertiary alicyclic amines) is 1. The minimum absolute atomic E-state index is 0.0673. The Morgan fingerprint density at radius 3 is 2.54 bits per heavy atom. The number of hydrogen-bond acceptors (Lipinski definition) is 5. The zero-order chi connectivity index (χ0) is 25.0. The predicted molar refractivity (Wildman–Crippen MR) is 137 cm³/mol. The maximum atomic E-state index is 13.1. The number of anilines is 2. The highest BCUT2D eigenvalue weighted by Gasteiger charge is 2.25. The number of likely N-dealkylation sites (N-methyl/N-ethyl adjacent to an activating group) is 1. The highest BCUT2D eigenvalue weighted by Crippen LogP contribution is 2.26. The molecule has 0 radical (unpaired) electrons. The number of nitrogens with one attached hydrogen (secondary N) is 2. The first-order chi connectivity index (χ1) is 16.7. The van der Waals surface area contributed by atoms with Crippen molar-refractivity contribution in [2.45, 2.75) is 50.5 Å². The fraction of sp³-hybridized carbons (Fsp3) is 0.462. The summed E-state index contributed by atoms with van der Waals surface area (Å²) in [6.45, 7) is 5.11. The lowest BCUT2D eigenvalue weighted by Crippen LogP contribution is -2.35. The van der Waals surface area contributed by atoms with Crippen LogP contribution in [0.3, 0.4) is 0 Å². The predicted octanol–water partition coefficient (Wildman–Crippen LogP) is 3.45. The van der Waals surface area contributed by atoms with E-state index >= 15 is 0 Å². The Kier molecular flexibility index (Phi) is 7.88. The number of piperidine rings is 1. The van der Waals surface area contributed by atoms with Crippen LogP contribution in [-0.2, 0) is 32.6 Å². The number of carbonyl (C=O) groups is 2. The second-order valence-corrected chi connectivity index (χ2v) is 11.7. The summed E-state index contributed by atoms with van der Waals surface area (Å²) in [6, 6.07) is 12.4. The maximum Gasteiger partial charge on any atom is 0.243 e. The van der Waals surface area contributed by atoms with Crippen molar-refractivity contribution in [3.05, 3.63) is 53.6 Å². The van der Waals surface area contributed by atoms with Crippen molar-refractivity contribution in [1.82, 2.24) is 9.21 Å². The Hall–Kier alpha value is -2.75. The third kappa shape index (κ3) is 6.48. The van der Waals surface area contributed by atoms with E-state index in [9.17, 15) is 18.0 Å². The van der Waals surface area contributed by atoms with E-state index < -0.39 is 15.9 Å². The molecule has 2 aliphatic rings. The summed E-state index contributed by atoms with van der Waals surface area (Å²) in [5.74, 6) is 0.323. The van der Waals surface area contributed by atoms with Crippen LogP contribution in [0.15, 0.2) is 47.4 Å². The first kappa shape index (κ1) is 25.3. The van der Waals surface area contributed by atoms with Crippen molar-refractivity contribution in [2.75, 3.05) is 37.3 Å². The summed E-state index contributed by atoms with van der Waals surface area (Å²) in [5, 5.41) is 5.59. The summed E-state index contributed by atoms with van der Waals surface area (Å²) >= 11 is 0. The SMILES string of the molecule is CC1CCN(Cc2ccc(NC(=O)CN(C)S(=O)(=O)c3ccc4c(c3)CCCC(=O)N4)cc2)CC1. The lowest BCUT2D eigenvalue weighted by molar-refractivity contribution is -0.117. The van der Waals surface area contributed by atoms with Gasteiger partial charge in [-0.2, -0.15) is 4.31 Å². The Balaban J connectivity index is 1.34. The van der Waals surface area contributed by atoms with Crippen LogP contribution in [0.1, 0.15) is 43.7 Å². The minimum atomic E-state index is -3.86. The van der Waals surface area contributed by atoms with E-state index in [2.05, 4.69) is 22.5 Å². The number of fused-ring (bicyclic) bond motifs is 1. The Morgan fingerprint density at radius 1 is 1.11 bits per heavy atom. The van der Waals surface area contributed by atoms with Crippen LogP contribution in [0, 0.1) is 5.92 Å². The Bertz CT molecular complexity index is 1170. The molecule has 0 aromatic heterocycles. The molecule has 2 N–H and O–H groups in total. The number of nitrogens with zero attached hydrogens (tertiary/aromatic N) is 2. The van der Waals surface area contributed by atoms with E-state index in [1.54, 1.807) is 12.1 Å². The molecular formula is C26H34N4O4S. The molecule has 2 aliphatic heterocycles. The van der Waals surface area contributed by atoms with Gasteiger partial charge < -0.3 is 10.6 Å². The number of rotatable bonds is 7. The van der Waals surface area contributed by atoms with Gasteiger partial charge in [-0.05, 0) is 86.1 Å². The lowest BCUT2D eigenvalue weighted by atomic mass is 9.99. The topological polar surface area (TPSA) is 98.8 Å². The second kappa shape index (κ2) is 10.9. The van der Waals surface area contributed by atoms with Crippen molar-refractivity contribution < 1.29 is 18.0 Å². The van der Waals surface area contributed by atoms with Gasteiger partial charge in [-0.15, -0.1) is 0 Å². The van der Waals surface area contributed by atoms with Crippen molar-refractivity contribution in [3.63, 3.8) is 0 Å². The van der Waals surface area contributed by atoms with Gasteiger partial charge in [-0.25, -0.2) is 8.42 Å². The molecule has 2 heterocycles. The molecule has 0 aliphatic carbocycles. The monoisotopic (exact) mass is 498 g/mol. The molecule has 2 aromatic carbocycles. The van der Waals surface area contributed by atoms with Crippen LogP contribution >= 0.6 is 0 Å². The molecule has 4 rings (SSSR count). The first-order valence-corrected chi connectivity index (χ1v) is 13.6. The molecule has 1 saturated heterocycles. The Morgan fingerprint density at radius 2 is 1.83 bits per heavy atom. The molecule has 0 atom stereocenters. The van der Waals surface area contributed by atoms with Crippen LogP contribution in [0.5, 0.6) is 0 Å². The summed E-state index contributed by atoms with van der Waals surface area (Å²) in [5.41, 5.74) is 3.26. The normalized spacial score (nSPS) is 17.5. The summed E-state index contributed by atoms with van der Waals surface area (Å²) in [4.78, 5) is 26.9. The minimum Gasteiger partial charge on any atom is -0.326 e. The first-order valence-electron chi connectivity index (χ1n) is 12.2. The van der Waals surface area contributed by atoms with E-state index in [0.717, 1.165) is 35.4 Å². The summed E-state index contributed by atoms with van der Waals surface area (Å²) in [7, 11) is -2.46. The van der Waals surface area contributed by atoms with Gasteiger partial charge in [-0.1, -0.05) is 19.1 Å². The van der Waals surface area contributed by atoms with Gasteiger partial charge in [0, 0.05) is 31.4 Å². The van der Waals surface area contributed by atoms with E-state index in [1.807, 2.05) is 24.3 Å². The quantitative estimate of drug-likeness (QED) is 0.609. The molecule has 0 unspecified atom stereocenters. The van der Waals surface area contributed by atoms with E-state index in [4.69, 9.17) is 0 Å². The summed E-state index contributed by atoms with van der Waals surface area (Å²) < 4.78 is 27.2. The van der Waals surface area contributed by atoms with Crippen LogP contribution in [-0.4, -0.2) is 56.1 Å². The number of aryl methyl sites for hydroxylation is 1. The third-order valence-corrected chi connectivity index (χ3v) is 8.59. The van der Waals surface area contributed by atoms with E-state index in [-0.39, 0.29) is 17.3 Å². The van der Waals surface area contributed by atoms with Crippen LogP contribution in [0.25, 0.3) is 0 Å². The molecule has 0 bridgehead atoms. The number of benzene rings is 2. The zero-order valence-electron chi connectivity index (χ0n) is 20.4. The number of sulfonamides is 1. The van der Waals surface area contributed by atoms with Gasteiger partial charge in [0.05, 0.1) is 11.4 Å². The second-order valence-electron chi connectivity index (χ2n) is 9.69. The van der Waals surface area contributed by atoms with Crippen molar-refractivity contribution >= 4 is 33.2 Å². The zero-order valence-corrected chi connectivity index (χ0v) is 21.2. The molecule has 1 fully saturated rings. The molecule has 0 spiro atoms. The number of hydrogen-bond donors (Lipinski definition) is 2. The fourth-order valence-electron chi connectivity index (χ4n) is 4.55. The fourth-order valence-corrected chi connectivity index (χ4v) is 5.73. The third-order valence-electron chi connectivity index (χ3n) is 6.80. The molecular weight excluding hydrogens is 464 g/mol. The maximum absolute atomic E-state index is 13.1. The average molecular weight is 499 g/mol. The molecule has 9 heteroatoms. The van der Waals surface area contributed by atoms with E-state index in [1.165, 1.54) is 31.5 Å². The number of carbonyl (C=O) groups excluding carboxylic acids is 2. The van der Waals surface area contributed by atoms with Crippen molar-refractivity contribution in [3.8, 4) is 0 Å².